The highest BCUT2D eigenvalue weighted by Gasteiger charge is 2.08. The van der Waals surface area contributed by atoms with E-state index < -0.39 is 0 Å². The van der Waals surface area contributed by atoms with Crippen molar-refractivity contribution < 1.29 is 0 Å². The Balaban J connectivity index is 2.13. The van der Waals surface area contributed by atoms with Crippen LogP contribution < -0.4 is 10.4 Å². The third-order valence-corrected chi connectivity index (χ3v) is 2.00. The summed E-state index contributed by atoms with van der Waals surface area (Å²) in [6.45, 7) is 2.33. The molecule has 2 nitrogen and oxygen atoms in total. The van der Waals surface area contributed by atoms with E-state index in [1.807, 2.05) is 0 Å². The van der Waals surface area contributed by atoms with E-state index in [0.29, 0.717) is 6.04 Å². The first kappa shape index (κ1) is 6.47. The van der Waals surface area contributed by atoms with Gasteiger partial charge in [-0.15, -0.1) is 0 Å². The van der Waals surface area contributed by atoms with Crippen LogP contribution in [0.3, 0.4) is 0 Å². The van der Waals surface area contributed by atoms with Crippen LogP contribution in [-0.2, 0) is 0 Å². The second-order valence-corrected chi connectivity index (χ2v) is 2.54. The number of piperidine rings is 1. The third kappa shape index (κ3) is 1.70. The number of hydrogen-bond donors (Lipinski definition) is 2. The van der Waals surface area contributed by atoms with E-state index in [1.165, 1.54) is 19.4 Å². The van der Waals surface area contributed by atoms with E-state index in [2.05, 4.69) is 19.8 Å². The molecule has 0 aromatic heterocycles. The Kier molecular flexibility index (Phi) is 2.74. The first-order valence-electron chi connectivity index (χ1n) is 3.10. The van der Waals surface area contributed by atoms with E-state index in [4.69, 9.17) is 0 Å². The van der Waals surface area contributed by atoms with E-state index in [1.54, 1.807) is 0 Å². The summed E-state index contributed by atoms with van der Waals surface area (Å²) >= 11 is 0. The summed E-state index contributed by atoms with van der Waals surface area (Å²) in [6, 6.07) is 0.689. The molecular formula is C5H13N2P. The van der Waals surface area contributed by atoms with Gasteiger partial charge >= 0.3 is 0 Å². The smallest absolute Gasteiger partial charge is 0.0224 e. The van der Waals surface area contributed by atoms with Crippen molar-refractivity contribution in [2.75, 3.05) is 13.1 Å². The van der Waals surface area contributed by atoms with Gasteiger partial charge in [-0.2, -0.15) is 0 Å². The van der Waals surface area contributed by atoms with Gasteiger partial charge in [-0.05, 0) is 19.4 Å². The molecule has 1 fully saturated rings. The van der Waals surface area contributed by atoms with Crippen molar-refractivity contribution >= 4 is 9.39 Å². The fourth-order valence-electron chi connectivity index (χ4n) is 0.994. The van der Waals surface area contributed by atoms with Crippen molar-refractivity contribution in [1.82, 2.24) is 10.4 Å². The second kappa shape index (κ2) is 3.39. The SMILES string of the molecule is PNC1CCCNC1. The second-order valence-electron chi connectivity index (χ2n) is 2.21. The van der Waals surface area contributed by atoms with Gasteiger partial charge in [-0.1, -0.05) is 9.39 Å². The molecule has 0 saturated carbocycles. The molecule has 0 aromatic carbocycles. The molecule has 1 aliphatic heterocycles. The fraction of sp³-hybridized carbons (Fsp3) is 1.00. The molecule has 0 radical (unpaired) electrons. The van der Waals surface area contributed by atoms with Crippen LogP contribution in [0.5, 0.6) is 0 Å². The zero-order valence-electron chi connectivity index (χ0n) is 4.98. The van der Waals surface area contributed by atoms with Crippen LogP contribution in [0.2, 0.25) is 0 Å². The normalized spacial score (nSPS) is 30.4. The largest absolute Gasteiger partial charge is 0.315 e. The van der Waals surface area contributed by atoms with Crippen molar-refractivity contribution in [2.24, 2.45) is 0 Å². The minimum atomic E-state index is 0.689. The number of hydrogen-bond acceptors (Lipinski definition) is 2. The highest BCUT2D eigenvalue weighted by molar-refractivity contribution is 7.13. The standard InChI is InChI=1S/C5H13N2P/c8-7-5-2-1-3-6-4-5/h5-7H,1-4,8H2. The average Bonchev–Trinajstić information content (AvgIpc) is 1.90. The Morgan fingerprint density at radius 3 is 2.88 bits per heavy atom. The maximum Gasteiger partial charge on any atom is 0.0224 e. The quantitative estimate of drug-likeness (QED) is 0.495. The maximum atomic E-state index is 3.31. The van der Waals surface area contributed by atoms with Gasteiger partial charge in [0.2, 0.25) is 0 Å². The Bertz CT molecular complexity index is 61.4. The van der Waals surface area contributed by atoms with Crippen molar-refractivity contribution in [3.05, 3.63) is 0 Å². The van der Waals surface area contributed by atoms with Crippen LogP contribution in [0.15, 0.2) is 0 Å². The summed E-state index contributed by atoms with van der Waals surface area (Å²) in [4.78, 5) is 0. The highest BCUT2D eigenvalue weighted by Crippen LogP contribution is 2.01. The lowest BCUT2D eigenvalue weighted by Gasteiger charge is -2.21. The van der Waals surface area contributed by atoms with E-state index in [0.717, 1.165) is 6.54 Å². The molecule has 0 aromatic rings. The predicted octanol–water partition coefficient (Wildman–Crippen LogP) is 0.118. The van der Waals surface area contributed by atoms with Crippen LogP contribution in [0, 0.1) is 0 Å². The molecule has 3 heteroatoms. The van der Waals surface area contributed by atoms with Gasteiger partial charge in [0, 0.05) is 12.6 Å². The van der Waals surface area contributed by atoms with E-state index in [-0.39, 0.29) is 0 Å². The van der Waals surface area contributed by atoms with Crippen molar-refractivity contribution in [2.45, 2.75) is 18.9 Å². The van der Waals surface area contributed by atoms with Crippen LogP contribution >= 0.6 is 9.39 Å². The topological polar surface area (TPSA) is 24.1 Å². The lowest BCUT2D eigenvalue weighted by Crippen LogP contribution is -2.39. The Morgan fingerprint density at radius 1 is 1.62 bits per heavy atom. The molecule has 1 heterocycles. The minimum Gasteiger partial charge on any atom is -0.315 e. The molecule has 0 amide bonds. The predicted molar refractivity (Wildman–Crippen MR) is 38.7 cm³/mol. The number of rotatable bonds is 1. The molecule has 2 unspecified atom stereocenters. The molecule has 1 aliphatic rings. The average molecular weight is 132 g/mol. The zero-order chi connectivity index (χ0) is 5.82. The summed E-state index contributed by atoms with van der Waals surface area (Å²) in [5, 5.41) is 6.47. The molecule has 48 valence electrons. The van der Waals surface area contributed by atoms with Gasteiger partial charge in [0.05, 0.1) is 0 Å². The first-order valence-corrected chi connectivity index (χ1v) is 3.68. The lowest BCUT2D eigenvalue weighted by molar-refractivity contribution is 0.441. The van der Waals surface area contributed by atoms with Gasteiger partial charge in [0.1, 0.15) is 0 Å². The highest BCUT2D eigenvalue weighted by atomic mass is 31.0. The van der Waals surface area contributed by atoms with Gasteiger partial charge < -0.3 is 5.32 Å². The van der Waals surface area contributed by atoms with Crippen LogP contribution in [0.4, 0.5) is 0 Å². The Hall–Kier alpha value is 0.350. The van der Waals surface area contributed by atoms with Gasteiger partial charge in [-0.3, -0.25) is 5.09 Å². The molecule has 2 atom stereocenters. The lowest BCUT2D eigenvalue weighted by atomic mass is 10.1. The molecule has 8 heavy (non-hydrogen) atoms. The third-order valence-electron chi connectivity index (χ3n) is 1.53. The summed E-state index contributed by atoms with van der Waals surface area (Å²) in [6.07, 6.45) is 2.63. The van der Waals surface area contributed by atoms with E-state index >= 15 is 0 Å². The summed E-state index contributed by atoms with van der Waals surface area (Å²) in [7, 11) is 2.56. The monoisotopic (exact) mass is 132 g/mol. The van der Waals surface area contributed by atoms with Gasteiger partial charge in [-0.25, -0.2) is 0 Å². The van der Waals surface area contributed by atoms with Crippen molar-refractivity contribution in [3.63, 3.8) is 0 Å². The van der Waals surface area contributed by atoms with Crippen LogP contribution in [-0.4, -0.2) is 19.1 Å². The van der Waals surface area contributed by atoms with Crippen LogP contribution in [0.25, 0.3) is 0 Å². The molecule has 1 saturated heterocycles. The van der Waals surface area contributed by atoms with Crippen molar-refractivity contribution in [1.29, 1.82) is 0 Å². The molecule has 2 N–H and O–H groups in total. The van der Waals surface area contributed by atoms with Crippen LogP contribution in [0.1, 0.15) is 12.8 Å². The van der Waals surface area contributed by atoms with Gasteiger partial charge in [0.15, 0.2) is 0 Å². The van der Waals surface area contributed by atoms with E-state index in [9.17, 15) is 0 Å². The molecule has 0 aliphatic carbocycles. The molecule has 1 rings (SSSR count). The Labute approximate surface area is 52.7 Å². The fourth-order valence-corrected chi connectivity index (χ4v) is 1.28. The minimum absolute atomic E-state index is 0.689. The summed E-state index contributed by atoms with van der Waals surface area (Å²) in [5.74, 6) is 0. The molecular weight excluding hydrogens is 119 g/mol. The maximum absolute atomic E-state index is 3.31. The summed E-state index contributed by atoms with van der Waals surface area (Å²) in [5.41, 5.74) is 0. The Morgan fingerprint density at radius 2 is 2.50 bits per heavy atom. The molecule has 0 spiro atoms. The molecule has 0 bridgehead atoms. The first-order chi connectivity index (χ1) is 3.93. The zero-order valence-corrected chi connectivity index (χ0v) is 6.14. The van der Waals surface area contributed by atoms with Crippen molar-refractivity contribution in [3.8, 4) is 0 Å². The summed E-state index contributed by atoms with van der Waals surface area (Å²) < 4.78 is 0. The van der Waals surface area contributed by atoms with Gasteiger partial charge in [0.25, 0.3) is 0 Å². The number of nitrogens with one attached hydrogen (secondary N) is 2.